The summed E-state index contributed by atoms with van der Waals surface area (Å²) in [6, 6.07) is 0. The third kappa shape index (κ3) is 4.73. The predicted octanol–water partition coefficient (Wildman–Crippen LogP) is 4.24. The molecule has 1 saturated carbocycles. The lowest BCUT2D eigenvalue weighted by Gasteiger charge is -2.38. The summed E-state index contributed by atoms with van der Waals surface area (Å²) in [7, 11) is 2.11. The molecule has 0 bridgehead atoms. The monoisotopic (exact) mass is 281 g/mol. The first-order valence-electron chi connectivity index (χ1n) is 8.97. The molecule has 0 amide bonds. The zero-order chi connectivity index (χ0) is 14.4. The van der Waals surface area contributed by atoms with E-state index in [9.17, 15) is 0 Å². The summed E-state index contributed by atoms with van der Waals surface area (Å²) in [5.41, 5.74) is 0. The highest BCUT2D eigenvalue weighted by Crippen LogP contribution is 2.39. The van der Waals surface area contributed by atoms with E-state index in [0.29, 0.717) is 6.10 Å². The summed E-state index contributed by atoms with van der Waals surface area (Å²) >= 11 is 0. The minimum Gasteiger partial charge on any atom is -0.378 e. The zero-order valence-corrected chi connectivity index (χ0v) is 13.9. The zero-order valence-electron chi connectivity index (χ0n) is 13.9. The standard InChI is InChI=1S/C18H35NO/c1-14(2)15-9-10-17(13-19-3)16(12-15)6-4-7-18-8-5-11-20-18/h14-19H,4-13H2,1-3H3. The molecular formula is C18H35NO. The van der Waals surface area contributed by atoms with E-state index in [0.717, 1.165) is 30.3 Å². The van der Waals surface area contributed by atoms with Crippen molar-refractivity contribution in [3.8, 4) is 0 Å². The van der Waals surface area contributed by atoms with Crippen molar-refractivity contribution in [3.63, 3.8) is 0 Å². The molecule has 1 heterocycles. The minimum absolute atomic E-state index is 0.585. The van der Waals surface area contributed by atoms with Gasteiger partial charge in [0, 0.05) is 6.61 Å². The van der Waals surface area contributed by atoms with Crippen molar-refractivity contribution in [2.24, 2.45) is 23.7 Å². The van der Waals surface area contributed by atoms with Gasteiger partial charge in [0.2, 0.25) is 0 Å². The highest BCUT2D eigenvalue weighted by molar-refractivity contribution is 4.83. The molecule has 20 heavy (non-hydrogen) atoms. The van der Waals surface area contributed by atoms with Crippen LogP contribution in [0, 0.1) is 23.7 Å². The summed E-state index contributed by atoms with van der Waals surface area (Å²) in [5, 5.41) is 3.42. The van der Waals surface area contributed by atoms with Crippen LogP contribution in [0.5, 0.6) is 0 Å². The molecule has 2 fully saturated rings. The summed E-state index contributed by atoms with van der Waals surface area (Å²) in [6.07, 6.45) is 11.6. The SMILES string of the molecule is CNCC1CCC(C(C)C)CC1CCCC1CCCO1. The van der Waals surface area contributed by atoms with Crippen molar-refractivity contribution in [1.82, 2.24) is 5.32 Å². The van der Waals surface area contributed by atoms with Crippen molar-refractivity contribution >= 4 is 0 Å². The molecule has 4 unspecified atom stereocenters. The molecule has 2 nitrogen and oxygen atoms in total. The van der Waals surface area contributed by atoms with Gasteiger partial charge in [0.15, 0.2) is 0 Å². The van der Waals surface area contributed by atoms with E-state index in [1.807, 2.05) is 0 Å². The second-order valence-electron chi connectivity index (χ2n) is 7.46. The molecule has 0 radical (unpaired) electrons. The lowest BCUT2D eigenvalue weighted by Crippen LogP contribution is -2.33. The van der Waals surface area contributed by atoms with Gasteiger partial charge < -0.3 is 10.1 Å². The second kappa shape index (κ2) is 8.38. The quantitative estimate of drug-likeness (QED) is 0.753. The first kappa shape index (κ1) is 16.3. The van der Waals surface area contributed by atoms with Gasteiger partial charge >= 0.3 is 0 Å². The Hall–Kier alpha value is -0.0800. The van der Waals surface area contributed by atoms with E-state index in [1.54, 1.807) is 0 Å². The fraction of sp³-hybridized carbons (Fsp3) is 1.00. The first-order chi connectivity index (χ1) is 9.70. The van der Waals surface area contributed by atoms with Gasteiger partial charge in [0.05, 0.1) is 6.10 Å². The summed E-state index contributed by atoms with van der Waals surface area (Å²) in [6.45, 7) is 7.04. The Balaban J connectivity index is 1.76. The van der Waals surface area contributed by atoms with Crippen LogP contribution in [0.15, 0.2) is 0 Å². The maximum atomic E-state index is 5.76. The number of hydrogen-bond acceptors (Lipinski definition) is 2. The molecule has 0 aromatic carbocycles. The number of rotatable bonds is 7. The maximum absolute atomic E-state index is 5.76. The maximum Gasteiger partial charge on any atom is 0.0576 e. The van der Waals surface area contributed by atoms with Crippen LogP contribution in [0.25, 0.3) is 0 Å². The Bertz CT molecular complexity index is 260. The Kier molecular flexibility index (Phi) is 6.83. The average Bonchev–Trinajstić information content (AvgIpc) is 2.93. The molecule has 1 saturated heterocycles. The molecular weight excluding hydrogens is 246 g/mol. The fourth-order valence-corrected chi connectivity index (χ4v) is 4.33. The predicted molar refractivity (Wildman–Crippen MR) is 85.9 cm³/mol. The van der Waals surface area contributed by atoms with Crippen molar-refractivity contribution in [2.75, 3.05) is 20.2 Å². The average molecular weight is 281 g/mol. The van der Waals surface area contributed by atoms with E-state index >= 15 is 0 Å². The highest BCUT2D eigenvalue weighted by Gasteiger charge is 2.31. The van der Waals surface area contributed by atoms with Crippen molar-refractivity contribution < 1.29 is 4.74 Å². The van der Waals surface area contributed by atoms with Gasteiger partial charge in [0.1, 0.15) is 0 Å². The smallest absolute Gasteiger partial charge is 0.0576 e. The van der Waals surface area contributed by atoms with Gasteiger partial charge in [0.25, 0.3) is 0 Å². The first-order valence-corrected chi connectivity index (χ1v) is 8.97. The molecule has 2 heteroatoms. The molecule has 4 atom stereocenters. The normalized spacial score (nSPS) is 34.8. The third-order valence-corrected chi connectivity index (χ3v) is 5.71. The summed E-state index contributed by atoms with van der Waals surface area (Å²) < 4.78 is 5.76. The third-order valence-electron chi connectivity index (χ3n) is 5.71. The number of hydrogen-bond donors (Lipinski definition) is 1. The molecule has 1 aliphatic heterocycles. The molecule has 1 N–H and O–H groups in total. The lowest BCUT2D eigenvalue weighted by atomic mass is 9.69. The van der Waals surface area contributed by atoms with Gasteiger partial charge in [-0.15, -0.1) is 0 Å². The van der Waals surface area contributed by atoms with Crippen LogP contribution in [0.1, 0.15) is 65.2 Å². The van der Waals surface area contributed by atoms with Crippen LogP contribution in [0.4, 0.5) is 0 Å². The van der Waals surface area contributed by atoms with Crippen molar-refractivity contribution in [2.45, 2.75) is 71.3 Å². The largest absolute Gasteiger partial charge is 0.378 e. The van der Waals surface area contributed by atoms with Gasteiger partial charge in [-0.25, -0.2) is 0 Å². The lowest BCUT2D eigenvalue weighted by molar-refractivity contribution is 0.0931. The Morgan fingerprint density at radius 2 is 1.95 bits per heavy atom. The Labute approximate surface area is 126 Å². The van der Waals surface area contributed by atoms with Gasteiger partial charge in [-0.3, -0.25) is 0 Å². The van der Waals surface area contributed by atoms with Crippen LogP contribution >= 0.6 is 0 Å². The van der Waals surface area contributed by atoms with Crippen LogP contribution in [0.3, 0.4) is 0 Å². The number of nitrogens with one attached hydrogen (secondary N) is 1. The minimum atomic E-state index is 0.585. The van der Waals surface area contributed by atoms with Gasteiger partial charge in [-0.2, -0.15) is 0 Å². The van der Waals surface area contributed by atoms with Crippen LogP contribution < -0.4 is 5.32 Å². The summed E-state index contributed by atoms with van der Waals surface area (Å²) in [5.74, 6) is 3.70. The Morgan fingerprint density at radius 3 is 2.60 bits per heavy atom. The topological polar surface area (TPSA) is 21.3 Å². The molecule has 118 valence electrons. The van der Waals surface area contributed by atoms with E-state index in [4.69, 9.17) is 4.74 Å². The molecule has 0 aromatic heterocycles. The van der Waals surface area contributed by atoms with Crippen LogP contribution in [0.2, 0.25) is 0 Å². The van der Waals surface area contributed by atoms with Gasteiger partial charge in [-0.1, -0.05) is 26.7 Å². The molecule has 2 aliphatic rings. The van der Waals surface area contributed by atoms with E-state index in [2.05, 4.69) is 26.2 Å². The second-order valence-corrected chi connectivity index (χ2v) is 7.46. The highest BCUT2D eigenvalue weighted by atomic mass is 16.5. The molecule has 0 spiro atoms. The van der Waals surface area contributed by atoms with E-state index in [1.165, 1.54) is 57.9 Å². The molecule has 0 aromatic rings. The fourth-order valence-electron chi connectivity index (χ4n) is 4.33. The van der Waals surface area contributed by atoms with Gasteiger partial charge in [-0.05, 0) is 75.8 Å². The van der Waals surface area contributed by atoms with Crippen LogP contribution in [-0.2, 0) is 4.74 Å². The Morgan fingerprint density at radius 1 is 1.10 bits per heavy atom. The number of ether oxygens (including phenoxy) is 1. The molecule has 2 rings (SSSR count). The van der Waals surface area contributed by atoms with Crippen molar-refractivity contribution in [1.29, 1.82) is 0 Å². The molecule has 1 aliphatic carbocycles. The summed E-state index contributed by atoms with van der Waals surface area (Å²) in [4.78, 5) is 0. The van der Waals surface area contributed by atoms with E-state index in [-0.39, 0.29) is 0 Å². The van der Waals surface area contributed by atoms with E-state index < -0.39 is 0 Å². The van der Waals surface area contributed by atoms with Crippen LogP contribution in [-0.4, -0.2) is 26.3 Å². The van der Waals surface area contributed by atoms with Crippen molar-refractivity contribution in [3.05, 3.63) is 0 Å².